The summed E-state index contributed by atoms with van der Waals surface area (Å²) in [4.78, 5) is 0. The third-order valence-electron chi connectivity index (χ3n) is 2.17. The molecule has 2 rings (SSSR count). The zero-order chi connectivity index (χ0) is 12.3. The summed E-state index contributed by atoms with van der Waals surface area (Å²) in [6.07, 6.45) is 0. The van der Waals surface area contributed by atoms with Crippen LogP contribution in [0.25, 0.3) is 0 Å². The number of benzene rings is 2. The maximum atomic E-state index is 13.0. The SMILES string of the molecule is Fc1cccc(Oc2ccc(CBr)cc2Br)c1. The van der Waals surface area contributed by atoms with E-state index in [2.05, 4.69) is 31.9 Å². The summed E-state index contributed by atoms with van der Waals surface area (Å²) in [5, 5.41) is 0.784. The van der Waals surface area contributed by atoms with Crippen LogP contribution in [0.2, 0.25) is 0 Å². The zero-order valence-corrected chi connectivity index (χ0v) is 12.0. The molecule has 0 spiro atoms. The first-order valence-electron chi connectivity index (χ1n) is 4.97. The lowest BCUT2D eigenvalue weighted by molar-refractivity contribution is 0.474. The van der Waals surface area contributed by atoms with Crippen LogP contribution >= 0.6 is 31.9 Å². The first kappa shape index (κ1) is 12.6. The Labute approximate surface area is 116 Å². The van der Waals surface area contributed by atoms with Crippen molar-refractivity contribution >= 4 is 31.9 Å². The van der Waals surface area contributed by atoms with Gasteiger partial charge in [0.05, 0.1) is 4.47 Å². The minimum Gasteiger partial charge on any atom is -0.456 e. The molecule has 0 aliphatic heterocycles. The second-order valence-corrected chi connectivity index (χ2v) is 4.87. The van der Waals surface area contributed by atoms with E-state index in [1.165, 1.54) is 12.1 Å². The van der Waals surface area contributed by atoms with E-state index in [0.717, 1.165) is 15.4 Å². The van der Waals surface area contributed by atoms with Gasteiger partial charge < -0.3 is 4.74 Å². The van der Waals surface area contributed by atoms with Gasteiger partial charge >= 0.3 is 0 Å². The van der Waals surface area contributed by atoms with Crippen molar-refractivity contribution in [1.82, 2.24) is 0 Å². The topological polar surface area (TPSA) is 9.23 Å². The van der Waals surface area contributed by atoms with Crippen molar-refractivity contribution < 1.29 is 9.13 Å². The van der Waals surface area contributed by atoms with E-state index in [0.29, 0.717) is 11.5 Å². The normalized spacial score (nSPS) is 10.3. The quantitative estimate of drug-likeness (QED) is 0.678. The molecule has 0 heterocycles. The van der Waals surface area contributed by atoms with E-state index in [1.54, 1.807) is 12.1 Å². The lowest BCUT2D eigenvalue weighted by Crippen LogP contribution is -1.87. The number of rotatable bonds is 3. The average Bonchev–Trinajstić information content (AvgIpc) is 2.32. The Balaban J connectivity index is 2.24. The summed E-state index contributed by atoms with van der Waals surface area (Å²) in [6, 6.07) is 11.8. The van der Waals surface area contributed by atoms with Crippen LogP contribution in [-0.2, 0) is 5.33 Å². The maximum Gasteiger partial charge on any atom is 0.141 e. The van der Waals surface area contributed by atoms with Gasteiger partial charge in [-0.1, -0.05) is 28.1 Å². The largest absolute Gasteiger partial charge is 0.456 e. The van der Waals surface area contributed by atoms with Crippen LogP contribution in [0, 0.1) is 5.82 Å². The Morgan fingerprint density at radius 1 is 1.12 bits per heavy atom. The zero-order valence-electron chi connectivity index (χ0n) is 8.79. The number of hydrogen-bond donors (Lipinski definition) is 0. The molecule has 17 heavy (non-hydrogen) atoms. The van der Waals surface area contributed by atoms with Gasteiger partial charge in [-0.3, -0.25) is 0 Å². The molecule has 0 fully saturated rings. The molecule has 2 aromatic rings. The molecule has 1 nitrogen and oxygen atoms in total. The van der Waals surface area contributed by atoms with Gasteiger partial charge in [-0.2, -0.15) is 0 Å². The van der Waals surface area contributed by atoms with Crippen molar-refractivity contribution in [3.8, 4) is 11.5 Å². The van der Waals surface area contributed by atoms with Crippen LogP contribution in [0.3, 0.4) is 0 Å². The van der Waals surface area contributed by atoms with Gasteiger partial charge in [0, 0.05) is 11.4 Å². The van der Waals surface area contributed by atoms with Crippen molar-refractivity contribution in [2.75, 3.05) is 0 Å². The fourth-order valence-electron chi connectivity index (χ4n) is 1.37. The lowest BCUT2D eigenvalue weighted by Gasteiger charge is -2.08. The van der Waals surface area contributed by atoms with Gasteiger partial charge in [-0.05, 0) is 45.8 Å². The minimum absolute atomic E-state index is 0.310. The molecule has 0 saturated carbocycles. The average molecular weight is 360 g/mol. The minimum atomic E-state index is -0.310. The van der Waals surface area contributed by atoms with Crippen molar-refractivity contribution in [2.24, 2.45) is 0 Å². The van der Waals surface area contributed by atoms with Gasteiger partial charge in [0.15, 0.2) is 0 Å². The Bertz CT molecular complexity index is 529. The third-order valence-corrected chi connectivity index (χ3v) is 3.44. The number of ether oxygens (including phenoxy) is 1. The monoisotopic (exact) mass is 358 g/mol. The summed E-state index contributed by atoms with van der Waals surface area (Å²) >= 11 is 6.81. The number of hydrogen-bond acceptors (Lipinski definition) is 1. The highest BCUT2D eigenvalue weighted by Crippen LogP contribution is 2.31. The molecule has 0 saturated heterocycles. The molecule has 0 aliphatic carbocycles. The molecule has 0 bridgehead atoms. The molecule has 0 radical (unpaired) electrons. The third kappa shape index (κ3) is 3.30. The Morgan fingerprint density at radius 3 is 2.59 bits per heavy atom. The fourth-order valence-corrected chi connectivity index (χ4v) is 2.22. The standard InChI is InChI=1S/C13H9Br2FO/c14-8-9-4-5-13(12(15)6-9)17-11-3-1-2-10(16)7-11/h1-7H,8H2. The van der Waals surface area contributed by atoms with E-state index in [1.807, 2.05) is 18.2 Å². The van der Waals surface area contributed by atoms with E-state index < -0.39 is 0 Å². The van der Waals surface area contributed by atoms with E-state index in [9.17, 15) is 4.39 Å². The van der Waals surface area contributed by atoms with Gasteiger partial charge in [-0.25, -0.2) is 4.39 Å². The molecular weight excluding hydrogens is 351 g/mol. The second kappa shape index (κ2) is 5.65. The van der Waals surface area contributed by atoms with E-state index >= 15 is 0 Å². The Morgan fingerprint density at radius 2 is 1.94 bits per heavy atom. The van der Waals surface area contributed by atoms with Gasteiger partial charge in [-0.15, -0.1) is 0 Å². The first-order valence-corrected chi connectivity index (χ1v) is 6.88. The van der Waals surface area contributed by atoms with Crippen molar-refractivity contribution in [3.05, 3.63) is 58.3 Å². The predicted octanol–water partition coefficient (Wildman–Crippen LogP) is 5.28. The van der Waals surface area contributed by atoms with E-state index in [-0.39, 0.29) is 5.82 Å². The van der Waals surface area contributed by atoms with Crippen molar-refractivity contribution in [1.29, 1.82) is 0 Å². The highest BCUT2D eigenvalue weighted by Gasteiger charge is 2.04. The fraction of sp³-hybridized carbons (Fsp3) is 0.0769. The van der Waals surface area contributed by atoms with Gasteiger partial charge in [0.1, 0.15) is 17.3 Å². The number of alkyl halides is 1. The van der Waals surface area contributed by atoms with Crippen LogP contribution in [0.4, 0.5) is 4.39 Å². The van der Waals surface area contributed by atoms with Crippen LogP contribution < -0.4 is 4.74 Å². The van der Waals surface area contributed by atoms with Crippen LogP contribution in [-0.4, -0.2) is 0 Å². The molecule has 4 heteroatoms. The van der Waals surface area contributed by atoms with Crippen LogP contribution in [0.15, 0.2) is 46.9 Å². The second-order valence-electron chi connectivity index (χ2n) is 3.46. The summed E-state index contributed by atoms with van der Waals surface area (Å²) in [5.74, 6) is 0.841. The highest BCUT2D eigenvalue weighted by atomic mass is 79.9. The first-order chi connectivity index (χ1) is 8.19. The highest BCUT2D eigenvalue weighted by molar-refractivity contribution is 9.10. The number of halogens is 3. The van der Waals surface area contributed by atoms with Crippen molar-refractivity contribution in [2.45, 2.75) is 5.33 Å². The van der Waals surface area contributed by atoms with Crippen LogP contribution in [0.5, 0.6) is 11.5 Å². The van der Waals surface area contributed by atoms with Gasteiger partial charge in [0.2, 0.25) is 0 Å². The summed E-state index contributed by atoms with van der Waals surface area (Å²) in [7, 11) is 0. The van der Waals surface area contributed by atoms with Crippen LogP contribution in [0.1, 0.15) is 5.56 Å². The van der Waals surface area contributed by atoms with E-state index in [4.69, 9.17) is 4.74 Å². The molecule has 88 valence electrons. The molecule has 2 aromatic carbocycles. The molecule has 0 atom stereocenters. The molecule has 0 amide bonds. The summed E-state index contributed by atoms with van der Waals surface area (Å²) in [5.41, 5.74) is 1.14. The predicted molar refractivity (Wildman–Crippen MR) is 73.2 cm³/mol. The smallest absolute Gasteiger partial charge is 0.141 e. The summed E-state index contributed by atoms with van der Waals surface area (Å²) < 4.78 is 19.4. The lowest BCUT2D eigenvalue weighted by atomic mass is 10.2. The van der Waals surface area contributed by atoms with Gasteiger partial charge in [0.25, 0.3) is 0 Å². The van der Waals surface area contributed by atoms with Crippen molar-refractivity contribution in [3.63, 3.8) is 0 Å². The summed E-state index contributed by atoms with van der Waals surface area (Å²) in [6.45, 7) is 0. The molecule has 0 N–H and O–H groups in total. The Kier molecular flexibility index (Phi) is 4.18. The Hall–Kier alpha value is -0.870. The molecule has 0 aromatic heterocycles. The molecular formula is C13H9Br2FO. The molecule has 0 unspecified atom stereocenters. The molecule has 0 aliphatic rings. The maximum absolute atomic E-state index is 13.0.